The molecule has 0 bridgehead atoms. The first kappa shape index (κ1) is 22.3. The van der Waals surface area contributed by atoms with E-state index >= 15 is 0 Å². The van der Waals surface area contributed by atoms with E-state index in [1.165, 1.54) is 0 Å². The molecule has 1 saturated heterocycles. The zero-order valence-corrected chi connectivity index (χ0v) is 19.6. The predicted molar refractivity (Wildman–Crippen MR) is 129 cm³/mol. The number of aromatic amines is 1. The number of H-pyrrole nitrogens is 1. The second kappa shape index (κ2) is 9.00. The summed E-state index contributed by atoms with van der Waals surface area (Å²) in [7, 11) is 0. The lowest BCUT2D eigenvalue weighted by molar-refractivity contribution is -0.145. The number of nitrogens with zero attached hydrogens (tertiary/aromatic N) is 3. The number of nitrogens with one attached hydrogen (secondary N) is 1. The molecule has 2 amide bonds. The minimum atomic E-state index is -0.817. The van der Waals surface area contributed by atoms with Crippen molar-refractivity contribution in [3.8, 4) is 16.9 Å². The number of piperidine rings is 1. The number of hydrogen-bond acceptors (Lipinski definition) is 4. The molecule has 2 N–H and O–H groups in total. The minimum absolute atomic E-state index is 0.103. The van der Waals surface area contributed by atoms with Gasteiger partial charge in [-0.15, -0.1) is 0 Å². The third-order valence-corrected chi connectivity index (χ3v) is 7.00. The van der Waals surface area contributed by atoms with Gasteiger partial charge in [0.2, 0.25) is 0 Å². The molecule has 1 fully saturated rings. The number of likely N-dealkylation sites (tertiary alicyclic amines) is 1. The number of aliphatic carboxylic acids is 1. The van der Waals surface area contributed by atoms with Gasteiger partial charge in [0.1, 0.15) is 18.2 Å². The molecule has 178 valence electrons. The van der Waals surface area contributed by atoms with Crippen LogP contribution in [0.4, 0.5) is 4.79 Å². The molecule has 2 aromatic carbocycles. The van der Waals surface area contributed by atoms with Crippen molar-refractivity contribution < 1.29 is 19.4 Å². The number of carboxylic acid groups (broad SMARTS) is 1. The number of rotatable bonds is 3. The molecule has 1 unspecified atom stereocenters. The Morgan fingerprint density at radius 2 is 1.97 bits per heavy atom. The fourth-order valence-corrected chi connectivity index (χ4v) is 5.32. The Balaban J connectivity index is 1.41. The van der Waals surface area contributed by atoms with Crippen LogP contribution in [0.15, 0.2) is 36.4 Å². The van der Waals surface area contributed by atoms with E-state index < -0.39 is 11.9 Å². The highest BCUT2D eigenvalue weighted by Crippen LogP contribution is 2.32. The standard InChI is InChI=1S/C26H30N4O4/c1-3-23-20(25(31)32)5-4-10-30(23)26(33)29-11-12-34-24-9-7-17(13-19(24)15-29)18-6-8-21-22(14-18)28-16(2)27-21/h6-9,13-14,20,23H,3-5,10-12,15H2,1-2H3,(H,27,28)(H,31,32)/t20-,23?/m0/s1. The molecule has 2 atom stereocenters. The number of aryl methyl sites for hydroxylation is 1. The lowest BCUT2D eigenvalue weighted by atomic mass is 9.87. The van der Waals surface area contributed by atoms with Crippen LogP contribution in [0.1, 0.15) is 37.6 Å². The number of urea groups is 1. The monoisotopic (exact) mass is 462 g/mol. The summed E-state index contributed by atoms with van der Waals surface area (Å²) < 4.78 is 5.97. The van der Waals surface area contributed by atoms with Crippen LogP contribution in [-0.2, 0) is 11.3 Å². The van der Waals surface area contributed by atoms with E-state index in [0.717, 1.165) is 39.3 Å². The summed E-state index contributed by atoms with van der Waals surface area (Å²) in [5.74, 6) is 0.338. The van der Waals surface area contributed by atoms with Gasteiger partial charge in [0.15, 0.2) is 0 Å². The van der Waals surface area contributed by atoms with E-state index in [-0.39, 0.29) is 12.1 Å². The zero-order valence-electron chi connectivity index (χ0n) is 19.6. The van der Waals surface area contributed by atoms with E-state index in [2.05, 4.69) is 28.2 Å². The molecule has 8 nitrogen and oxygen atoms in total. The first-order valence-electron chi connectivity index (χ1n) is 12.0. The summed E-state index contributed by atoms with van der Waals surface area (Å²) in [5, 5.41) is 9.65. The zero-order chi connectivity index (χ0) is 23.8. The number of carbonyl (C=O) groups excluding carboxylic acids is 1. The summed E-state index contributed by atoms with van der Waals surface area (Å²) in [6.45, 7) is 5.79. The number of hydrogen-bond donors (Lipinski definition) is 2. The fraction of sp³-hybridized carbons (Fsp3) is 0.423. The Kier molecular flexibility index (Phi) is 5.89. The molecule has 34 heavy (non-hydrogen) atoms. The average molecular weight is 463 g/mol. The van der Waals surface area contributed by atoms with E-state index in [1.807, 2.05) is 32.0 Å². The molecule has 3 heterocycles. The highest BCUT2D eigenvalue weighted by Gasteiger charge is 2.39. The third-order valence-electron chi connectivity index (χ3n) is 7.00. The van der Waals surface area contributed by atoms with Crippen molar-refractivity contribution in [2.75, 3.05) is 19.7 Å². The van der Waals surface area contributed by atoms with Crippen LogP contribution in [0.3, 0.4) is 0 Å². The smallest absolute Gasteiger partial charge is 0.320 e. The van der Waals surface area contributed by atoms with Crippen molar-refractivity contribution in [1.29, 1.82) is 0 Å². The van der Waals surface area contributed by atoms with Crippen LogP contribution in [0.2, 0.25) is 0 Å². The van der Waals surface area contributed by atoms with Crippen LogP contribution >= 0.6 is 0 Å². The molecule has 2 aliphatic rings. The molecule has 0 spiro atoms. The average Bonchev–Trinajstić information content (AvgIpc) is 3.08. The summed E-state index contributed by atoms with van der Waals surface area (Å²) in [6, 6.07) is 11.9. The highest BCUT2D eigenvalue weighted by molar-refractivity contribution is 5.82. The summed E-state index contributed by atoms with van der Waals surface area (Å²) in [4.78, 5) is 36.6. The lowest BCUT2D eigenvalue weighted by Gasteiger charge is -2.41. The SMILES string of the molecule is CCC1[C@@H](C(=O)O)CCCN1C(=O)N1CCOc2ccc(-c3ccc4nc(C)[nH]c4c3)cc2C1. The summed E-state index contributed by atoms with van der Waals surface area (Å²) in [5.41, 5.74) is 4.97. The quantitative estimate of drug-likeness (QED) is 0.600. The number of imidazole rings is 1. The van der Waals surface area contributed by atoms with Crippen LogP contribution in [0, 0.1) is 12.8 Å². The number of aromatic nitrogens is 2. The van der Waals surface area contributed by atoms with Crippen molar-refractivity contribution in [2.45, 2.75) is 45.7 Å². The number of fused-ring (bicyclic) bond motifs is 2. The Morgan fingerprint density at radius 1 is 1.18 bits per heavy atom. The summed E-state index contributed by atoms with van der Waals surface area (Å²) >= 11 is 0. The predicted octanol–water partition coefficient (Wildman–Crippen LogP) is 4.43. The van der Waals surface area contributed by atoms with Gasteiger partial charge in [-0.1, -0.05) is 19.1 Å². The first-order valence-corrected chi connectivity index (χ1v) is 12.0. The van der Waals surface area contributed by atoms with Gasteiger partial charge in [-0.3, -0.25) is 4.79 Å². The van der Waals surface area contributed by atoms with E-state index in [1.54, 1.807) is 9.80 Å². The molecule has 2 aliphatic heterocycles. The van der Waals surface area contributed by atoms with Gasteiger partial charge in [-0.2, -0.15) is 0 Å². The molecule has 3 aromatic rings. The molecule has 1 aromatic heterocycles. The van der Waals surface area contributed by atoms with Gasteiger partial charge in [0.25, 0.3) is 0 Å². The van der Waals surface area contributed by atoms with Gasteiger partial charge in [-0.05, 0) is 61.6 Å². The third kappa shape index (κ3) is 4.08. The Labute approximate surface area is 198 Å². The lowest BCUT2D eigenvalue weighted by Crippen LogP contribution is -2.54. The maximum Gasteiger partial charge on any atom is 0.320 e. The van der Waals surface area contributed by atoms with Crippen LogP contribution in [0.25, 0.3) is 22.2 Å². The molecular formula is C26H30N4O4. The van der Waals surface area contributed by atoms with Crippen molar-refractivity contribution in [2.24, 2.45) is 5.92 Å². The van der Waals surface area contributed by atoms with Gasteiger partial charge in [0, 0.05) is 18.2 Å². The Bertz CT molecular complexity index is 1240. The molecule has 0 saturated carbocycles. The topological polar surface area (TPSA) is 98.8 Å². The number of carboxylic acids is 1. The molecule has 5 rings (SSSR count). The molecule has 0 radical (unpaired) electrons. The van der Waals surface area contributed by atoms with Gasteiger partial charge in [0.05, 0.1) is 30.0 Å². The van der Waals surface area contributed by atoms with Crippen molar-refractivity contribution in [1.82, 2.24) is 19.8 Å². The van der Waals surface area contributed by atoms with Gasteiger partial charge >= 0.3 is 12.0 Å². The van der Waals surface area contributed by atoms with E-state index in [4.69, 9.17) is 4.74 Å². The van der Waals surface area contributed by atoms with Crippen molar-refractivity contribution in [3.05, 3.63) is 47.8 Å². The number of benzene rings is 2. The number of ether oxygens (including phenoxy) is 1. The van der Waals surface area contributed by atoms with Crippen molar-refractivity contribution in [3.63, 3.8) is 0 Å². The number of carbonyl (C=O) groups is 2. The van der Waals surface area contributed by atoms with E-state index in [9.17, 15) is 14.7 Å². The highest BCUT2D eigenvalue weighted by atomic mass is 16.5. The van der Waals surface area contributed by atoms with Crippen molar-refractivity contribution >= 4 is 23.0 Å². The maximum atomic E-state index is 13.5. The van der Waals surface area contributed by atoms with Gasteiger partial charge < -0.3 is 24.6 Å². The number of amides is 2. The molecule has 8 heteroatoms. The maximum absolute atomic E-state index is 13.5. The van der Waals surface area contributed by atoms with Crippen LogP contribution in [-0.4, -0.2) is 62.6 Å². The molecular weight excluding hydrogens is 432 g/mol. The van der Waals surface area contributed by atoms with E-state index in [0.29, 0.717) is 45.5 Å². The Hall–Kier alpha value is -3.55. The largest absolute Gasteiger partial charge is 0.491 e. The van der Waals surface area contributed by atoms with Gasteiger partial charge in [-0.25, -0.2) is 9.78 Å². The minimum Gasteiger partial charge on any atom is -0.491 e. The Morgan fingerprint density at radius 3 is 2.76 bits per heavy atom. The second-order valence-corrected chi connectivity index (χ2v) is 9.19. The van der Waals surface area contributed by atoms with Crippen LogP contribution < -0.4 is 4.74 Å². The normalized spacial score (nSPS) is 20.5. The summed E-state index contributed by atoms with van der Waals surface area (Å²) in [6.07, 6.45) is 1.95. The fourth-order valence-electron chi connectivity index (χ4n) is 5.32. The van der Waals surface area contributed by atoms with Crippen LogP contribution in [0.5, 0.6) is 5.75 Å². The molecule has 0 aliphatic carbocycles. The second-order valence-electron chi connectivity index (χ2n) is 9.19. The first-order chi connectivity index (χ1) is 16.4.